The molecule has 6 heteroatoms. The van der Waals surface area contributed by atoms with Gasteiger partial charge in [-0.2, -0.15) is 0 Å². The van der Waals surface area contributed by atoms with Gasteiger partial charge >= 0.3 is 0 Å². The summed E-state index contributed by atoms with van der Waals surface area (Å²) in [5.41, 5.74) is 6.38. The lowest BCUT2D eigenvalue weighted by Gasteiger charge is -2.29. The summed E-state index contributed by atoms with van der Waals surface area (Å²) in [5.74, 6) is 0.617. The van der Waals surface area contributed by atoms with Crippen molar-refractivity contribution in [1.82, 2.24) is 0 Å². The van der Waals surface area contributed by atoms with E-state index in [1.807, 2.05) is 24.3 Å². The molecule has 6 nitrogen and oxygen atoms in total. The van der Waals surface area contributed by atoms with Crippen LogP contribution in [0.5, 0.6) is 5.75 Å². The molecule has 1 aliphatic rings. The smallest absolute Gasteiger partial charge is 0.220 e. The second kappa shape index (κ2) is 8.86. The fourth-order valence-corrected chi connectivity index (χ4v) is 2.94. The minimum Gasteiger partial charge on any atom is -0.497 e. The number of aliphatic hydroxyl groups excluding tert-OH is 1. The molecule has 1 atom stereocenters. The van der Waals surface area contributed by atoms with Crippen LogP contribution in [0.3, 0.4) is 0 Å². The summed E-state index contributed by atoms with van der Waals surface area (Å²) in [5, 5.41) is 10.1. The number of hydrogen-bond donors (Lipinski definition) is 3. The Morgan fingerprint density at radius 2 is 2.00 bits per heavy atom. The van der Waals surface area contributed by atoms with Gasteiger partial charge in [-0.1, -0.05) is 12.1 Å². The molecule has 0 saturated carbocycles. The van der Waals surface area contributed by atoms with Gasteiger partial charge in [0.2, 0.25) is 5.91 Å². The number of amides is 1. The molecule has 2 rings (SSSR count). The van der Waals surface area contributed by atoms with Crippen molar-refractivity contribution in [2.45, 2.75) is 25.6 Å². The van der Waals surface area contributed by atoms with Crippen LogP contribution in [0.1, 0.15) is 18.4 Å². The van der Waals surface area contributed by atoms with Gasteiger partial charge in [-0.15, -0.1) is 0 Å². The molecule has 1 fully saturated rings. The first kappa shape index (κ1) is 17.7. The Labute approximate surface area is 137 Å². The molecular formula is C17H27N2O4+. The van der Waals surface area contributed by atoms with Crippen LogP contribution in [-0.4, -0.2) is 50.5 Å². The summed E-state index contributed by atoms with van der Waals surface area (Å²) in [6, 6.07) is 7.68. The van der Waals surface area contributed by atoms with Crippen molar-refractivity contribution < 1.29 is 24.3 Å². The van der Waals surface area contributed by atoms with Crippen molar-refractivity contribution in [2.75, 3.05) is 33.4 Å². The molecule has 1 aromatic carbocycles. The number of carbonyl (C=O) groups excluding carboxylic acids is 1. The summed E-state index contributed by atoms with van der Waals surface area (Å²) in [6.45, 7) is 3.19. The fraction of sp³-hybridized carbons (Fsp3) is 0.588. The van der Waals surface area contributed by atoms with Crippen LogP contribution in [-0.2, 0) is 16.1 Å². The van der Waals surface area contributed by atoms with E-state index in [1.54, 1.807) is 7.11 Å². The number of likely N-dealkylation sites (tertiary alicyclic amines) is 1. The average molecular weight is 323 g/mol. The molecule has 0 unspecified atom stereocenters. The molecular weight excluding hydrogens is 296 g/mol. The number of quaternary nitrogens is 1. The largest absolute Gasteiger partial charge is 0.497 e. The Balaban J connectivity index is 1.63. The molecule has 0 aliphatic carbocycles. The van der Waals surface area contributed by atoms with E-state index in [4.69, 9.17) is 15.2 Å². The van der Waals surface area contributed by atoms with Crippen LogP contribution in [0.25, 0.3) is 0 Å². The first-order valence-corrected chi connectivity index (χ1v) is 8.10. The highest BCUT2D eigenvalue weighted by Gasteiger charge is 2.27. The fourth-order valence-electron chi connectivity index (χ4n) is 2.94. The number of hydrogen-bond acceptors (Lipinski definition) is 4. The van der Waals surface area contributed by atoms with Gasteiger partial charge in [0, 0.05) is 18.8 Å². The number of piperidine rings is 1. The van der Waals surface area contributed by atoms with Crippen molar-refractivity contribution in [3.63, 3.8) is 0 Å². The molecule has 4 N–H and O–H groups in total. The van der Waals surface area contributed by atoms with E-state index < -0.39 is 6.10 Å². The van der Waals surface area contributed by atoms with Crippen LogP contribution in [0.2, 0.25) is 0 Å². The van der Waals surface area contributed by atoms with Crippen LogP contribution in [0.15, 0.2) is 24.3 Å². The van der Waals surface area contributed by atoms with Crippen LogP contribution < -0.4 is 15.4 Å². The van der Waals surface area contributed by atoms with Crippen molar-refractivity contribution in [3.8, 4) is 5.75 Å². The van der Waals surface area contributed by atoms with E-state index in [2.05, 4.69) is 0 Å². The van der Waals surface area contributed by atoms with E-state index in [1.165, 1.54) is 4.90 Å². The van der Waals surface area contributed by atoms with E-state index in [9.17, 15) is 9.90 Å². The van der Waals surface area contributed by atoms with Gasteiger partial charge in [0.25, 0.3) is 0 Å². The maximum Gasteiger partial charge on any atom is 0.220 e. The van der Waals surface area contributed by atoms with Crippen molar-refractivity contribution in [2.24, 2.45) is 11.7 Å². The molecule has 1 heterocycles. The molecule has 0 bridgehead atoms. The van der Waals surface area contributed by atoms with Crippen molar-refractivity contribution in [1.29, 1.82) is 0 Å². The summed E-state index contributed by atoms with van der Waals surface area (Å²) >= 11 is 0. The Kier molecular flexibility index (Phi) is 6.83. The van der Waals surface area contributed by atoms with Gasteiger partial charge in [-0.3, -0.25) is 4.79 Å². The lowest BCUT2D eigenvalue weighted by molar-refractivity contribution is -0.908. The molecule has 0 radical (unpaired) electrons. The third kappa shape index (κ3) is 5.82. The first-order valence-electron chi connectivity index (χ1n) is 8.10. The van der Waals surface area contributed by atoms with Gasteiger partial charge in [-0.05, 0) is 17.7 Å². The molecule has 0 aromatic heterocycles. The zero-order chi connectivity index (χ0) is 16.7. The predicted molar refractivity (Wildman–Crippen MR) is 86.1 cm³/mol. The summed E-state index contributed by atoms with van der Waals surface area (Å²) in [7, 11) is 1.64. The zero-order valence-electron chi connectivity index (χ0n) is 13.7. The second-order valence-corrected chi connectivity index (χ2v) is 6.15. The monoisotopic (exact) mass is 323 g/mol. The molecule has 0 spiro atoms. The number of aliphatic hydroxyl groups is 1. The lowest BCUT2D eigenvalue weighted by atomic mass is 9.96. The highest BCUT2D eigenvalue weighted by molar-refractivity contribution is 5.76. The number of nitrogens with one attached hydrogen (secondary N) is 1. The van der Waals surface area contributed by atoms with Crippen LogP contribution in [0.4, 0.5) is 0 Å². The highest BCUT2D eigenvalue weighted by atomic mass is 16.5. The normalized spacial score (nSPS) is 22.5. The van der Waals surface area contributed by atoms with E-state index in [0.717, 1.165) is 37.2 Å². The number of primary amides is 1. The quantitative estimate of drug-likeness (QED) is 0.594. The highest BCUT2D eigenvalue weighted by Crippen LogP contribution is 2.12. The van der Waals surface area contributed by atoms with Gasteiger partial charge in [0.05, 0.1) is 33.4 Å². The third-order valence-corrected chi connectivity index (χ3v) is 4.36. The maximum atomic E-state index is 11.1. The van der Waals surface area contributed by atoms with Crippen LogP contribution >= 0.6 is 0 Å². The third-order valence-electron chi connectivity index (χ3n) is 4.36. The predicted octanol–water partition coefficient (Wildman–Crippen LogP) is -0.647. The topological polar surface area (TPSA) is 86.2 Å². The average Bonchev–Trinajstić information content (AvgIpc) is 2.56. The molecule has 1 amide bonds. The Morgan fingerprint density at radius 1 is 1.35 bits per heavy atom. The molecule has 1 saturated heterocycles. The second-order valence-electron chi connectivity index (χ2n) is 6.15. The minimum atomic E-state index is -0.492. The number of methoxy groups -OCH3 is 1. The number of nitrogens with two attached hydrogens (primary N) is 1. The number of carbonyl (C=O) groups is 1. The minimum absolute atomic E-state index is 0.00205. The Hall–Kier alpha value is -1.63. The van der Waals surface area contributed by atoms with Gasteiger partial charge in [0.15, 0.2) is 0 Å². The van der Waals surface area contributed by atoms with Gasteiger partial charge < -0.3 is 25.2 Å². The standard InChI is InChI=1S/C17H26N2O4/c1-22-16-4-2-13(3-5-16)11-23-12-15(20)10-19-8-6-14(7-9-19)17(18)21/h2-5,14-15,20H,6-12H2,1H3,(H2,18,21)/p+1/t15-/m1/s1. The lowest BCUT2D eigenvalue weighted by Crippen LogP contribution is -3.14. The molecule has 23 heavy (non-hydrogen) atoms. The van der Waals surface area contributed by atoms with Crippen molar-refractivity contribution >= 4 is 5.91 Å². The molecule has 1 aromatic rings. The van der Waals surface area contributed by atoms with Gasteiger partial charge in [-0.25, -0.2) is 0 Å². The summed E-state index contributed by atoms with van der Waals surface area (Å²) in [4.78, 5) is 12.4. The van der Waals surface area contributed by atoms with E-state index in [0.29, 0.717) is 19.8 Å². The SMILES string of the molecule is COc1ccc(COC[C@H](O)C[NH+]2CCC(C(N)=O)CC2)cc1. The summed E-state index contributed by atoms with van der Waals surface area (Å²) in [6.07, 6.45) is 1.13. The molecule has 128 valence electrons. The van der Waals surface area contributed by atoms with Crippen LogP contribution in [0, 0.1) is 5.92 Å². The van der Waals surface area contributed by atoms with E-state index >= 15 is 0 Å². The first-order chi connectivity index (χ1) is 11.1. The Morgan fingerprint density at radius 3 is 2.57 bits per heavy atom. The summed E-state index contributed by atoms with van der Waals surface area (Å²) < 4.78 is 10.7. The zero-order valence-corrected chi connectivity index (χ0v) is 13.7. The number of ether oxygens (including phenoxy) is 2. The van der Waals surface area contributed by atoms with E-state index in [-0.39, 0.29) is 11.8 Å². The van der Waals surface area contributed by atoms with Gasteiger partial charge in [0.1, 0.15) is 18.4 Å². The van der Waals surface area contributed by atoms with Crippen molar-refractivity contribution in [3.05, 3.63) is 29.8 Å². The maximum absolute atomic E-state index is 11.1. The number of benzene rings is 1. The Bertz CT molecular complexity index is 484. The number of rotatable bonds is 8. The molecule has 1 aliphatic heterocycles.